The number of aromatic nitrogens is 1. The molecular weight excluding hydrogens is 788 g/mol. The van der Waals surface area contributed by atoms with E-state index in [1.54, 1.807) is 0 Å². The zero-order valence-electron chi connectivity index (χ0n) is 24.3. The number of allylic oxidation sites excluding steroid dienone is 1. The van der Waals surface area contributed by atoms with Crippen LogP contribution in [0.2, 0.25) is 0 Å². The van der Waals surface area contributed by atoms with Crippen LogP contribution in [0.15, 0.2) is 132 Å². The van der Waals surface area contributed by atoms with Crippen LogP contribution in [0.1, 0.15) is 40.3 Å². The molecule has 1 aliphatic carbocycles. The molecule has 8 rings (SSSR count). The van der Waals surface area contributed by atoms with Crippen LogP contribution in [0.3, 0.4) is 0 Å². The molecule has 1 atom stereocenters. The van der Waals surface area contributed by atoms with Gasteiger partial charge in [-0.25, -0.2) is 4.99 Å². The maximum absolute atomic E-state index is 14.2. The SMILES string of the molecule is O=c1/c(=C/c2cc(Br)c(OCc3cccc4ccccc34)c(Br)c2)sc2n1[C@H](c1ccc(Br)cc1)C1=C(N=2)c2ccccc2CC1. The summed E-state index contributed by atoms with van der Waals surface area (Å²) in [4.78, 5) is 20.1. The van der Waals surface area contributed by atoms with Crippen LogP contribution < -0.4 is 19.6 Å². The van der Waals surface area contributed by atoms with Gasteiger partial charge in [-0.05, 0) is 114 Å². The van der Waals surface area contributed by atoms with Gasteiger partial charge in [0.2, 0.25) is 0 Å². The Hall–Kier alpha value is -3.56. The average molecular weight is 813 g/mol. The fraction of sp³-hybridized carbons (Fsp3) is 0.105. The van der Waals surface area contributed by atoms with Gasteiger partial charge in [0, 0.05) is 10.0 Å². The zero-order valence-corrected chi connectivity index (χ0v) is 29.9. The highest BCUT2D eigenvalue weighted by atomic mass is 79.9. The Bertz CT molecular complexity index is 2360. The summed E-state index contributed by atoms with van der Waals surface area (Å²) >= 11 is 12.5. The van der Waals surface area contributed by atoms with Crippen molar-refractivity contribution in [3.8, 4) is 5.75 Å². The number of halogens is 3. The van der Waals surface area contributed by atoms with Crippen molar-refractivity contribution in [3.63, 3.8) is 0 Å². The van der Waals surface area contributed by atoms with Gasteiger partial charge in [0.1, 0.15) is 12.4 Å². The molecule has 0 saturated heterocycles. The lowest BCUT2D eigenvalue weighted by Gasteiger charge is -2.30. The second kappa shape index (κ2) is 12.2. The first-order valence-electron chi connectivity index (χ1n) is 14.9. The maximum atomic E-state index is 14.2. The first-order valence-corrected chi connectivity index (χ1v) is 18.1. The lowest BCUT2D eigenvalue weighted by atomic mass is 9.83. The molecule has 226 valence electrons. The van der Waals surface area contributed by atoms with Gasteiger partial charge in [-0.3, -0.25) is 9.36 Å². The Balaban J connectivity index is 1.19. The summed E-state index contributed by atoms with van der Waals surface area (Å²) in [6, 6.07) is 35.1. The van der Waals surface area contributed by atoms with E-state index in [4.69, 9.17) is 9.73 Å². The maximum Gasteiger partial charge on any atom is 0.271 e. The third-order valence-corrected chi connectivity index (χ3v) is 11.3. The van der Waals surface area contributed by atoms with Crippen molar-refractivity contribution in [1.82, 2.24) is 4.57 Å². The van der Waals surface area contributed by atoms with Crippen LogP contribution in [0, 0.1) is 0 Å². The highest BCUT2D eigenvalue weighted by Crippen LogP contribution is 2.41. The molecule has 0 spiro atoms. The minimum absolute atomic E-state index is 0.0365. The number of benzene rings is 5. The van der Waals surface area contributed by atoms with E-state index < -0.39 is 0 Å². The van der Waals surface area contributed by atoms with Crippen molar-refractivity contribution in [2.24, 2.45) is 4.99 Å². The topological polar surface area (TPSA) is 43.6 Å². The number of nitrogens with zero attached hydrogens (tertiary/aromatic N) is 2. The number of aryl methyl sites for hydroxylation is 1. The molecule has 0 radical (unpaired) electrons. The molecule has 0 N–H and O–H groups in total. The fourth-order valence-electron chi connectivity index (χ4n) is 6.49. The number of ether oxygens (including phenoxy) is 1. The smallest absolute Gasteiger partial charge is 0.271 e. The van der Waals surface area contributed by atoms with Gasteiger partial charge in [0.05, 0.1) is 25.2 Å². The van der Waals surface area contributed by atoms with Crippen molar-refractivity contribution >= 4 is 81.7 Å². The number of thiazole rings is 1. The van der Waals surface area contributed by atoms with Crippen LogP contribution in [0.25, 0.3) is 22.5 Å². The highest BCUT2D eigenvalue weighted by molar-refractivity contribution is 9.11. The third-order valence-electron chi connectivity index (χ3n) is 8.63. The van der Waals surface area contributed by atoms with Crippen molar-refractivity contribution in [2.75, 3.05) is 0 Å². The van der Waals surface area contributed by atoms with Gasteiger partial charge < -0.3 is 4.74 Å². The Morgan fingerprint density at radius 1 is 0.870 bits per heavy atom. The fourth-order valence-corrected chi connectivity index (χ4v) is 9.20. The molecule has 0 amide bonds. The molecule has 1 aromatic heterocycles. The molecule has 0 bridgehead atoms. The zero-order chi connectivity index (χ0) is 31.4. The van der Waals surface area contributed by atoms with Gasteiger partial charge in [-0.1, -0.05) is 106 Å². The van der Waals surface area contributed by atoms with Crippen molar-refractivity contribution < 1.29 is 4.74 Å². The van der Waals surface area contributed by atoms with Crippen LogP contribution in [-0.2, 0) is 13.0 Å². The first kappa shape index (κ1) is 29.8. The monoisotopic (exact) mass is 810 g/mol. The van der Waals surface area contributed by atoms with Gasteiger partial charge in [-0.2, -0.15) is 0 Å². The van der Waals surface area contributed by atoms with Crippen molar-refractivity contribution in [1.29, 1.82) is 0 Å². The molecule has 5 aromatic carbocycles. The minimum Gasteiger partial charge on any atom is -0.487 e. The molecule has 4 nitrogen and oxygen atoms in total. The van der Waals surface area contributed by atoms with Crippen LogP contribution in [0.5, 0.6) is 5.75 Å². The van der Waals surface area contributed by atoms with E-state index in [-0.39, 0.29) is 11.6 Å². The van der Waals surface area contributed by atoms with Gasteiger partial charge in [-0.15, -0.1) is 0 Å². The predicted molar refractivity (Wildman–Crippen MR) is 197 cm³/mol. The number of hydrogen-bond donors (Lipinski definition) is 0. The first-order chi connectivity index (χ1) is 22.4. The molecule has 6 aromatic rings. The number of fused-ring (bicyclic) bond motifs is 4. The van der Waals surface area contributed by atoms with E-state index in [0.29, 0.717) is 21.7 Å². The second-order valence-corrected chi connectivity index (χ2v) is 15.0. The standard InChI is InChI=1S/C38H25Br3N2O2S/c39-27-15-12-25(13-16-27)35-30-17-14-24-7-2-4-11-29(24)34(30)42-38-43(35)37(44)33(46-38)20-22-18-31(40)36(32(41)19-22)45-21-26-9-5-8-23-6-1-3-10-28(23)26/h1-13,15-16,18-20,35H,14,17,21H2/b33-20-/t35-/m1/s1. The van der Waals surface area contributed by atoms with E-state index in [2.05, 4.69) is 115 Å². The average Bonchev–Trinajstić information content (AvgIpc) is 3.37. The molecule has 2 aliphatic rings. The van der Waals surface area contributed by atoms with E-state index in [0.717, 1.165) is 54.2 Å². The summed E-state index contributed by atoms with van der Waals surface area (Å²) < 4.78 is 11.5. The Kier molecular flexibility index (Phi) is 7.93. The summed E-state index contributed by atoms with van der Waals surface area (Å²) in [5.74, 6) is 0.716. The summed E-state index contributed by atoms with van der Waals surface area (Å²) in [7, 11) is 0. The van der Waals surface area contributed by atoms with E-state index in [1.807, 2.05) is 47.0 Å². The van der Waals surface area contributed by atoms with Gasteiger partial charge in [0.25, 0.3) is 5.56 Å². The Morgan fingerprint density at radius 2 is 1.61 bits per heavy atom. The molecule has 0 saturated carbocycles. The van der Waals surface area contributed by atoms with Crippen LogP contribution in [-0.4, -0.2) is 4.57 Å². The molecule has 0 fully saturated rings. The number of rotatable bonds is 5. The van der Waals surface area contributed by atoms with Gasteiger partial charge >= 0.3 is 0 Å². The van der Waals surface area contributed by atoms with E-state index in [1.165, 1.54) is 33.2 Å². The van der Waals surface area contributed by atoms with E-state index >= 15 is 0 Å². The molecule has 0 unspecified atom stereocenters. The normalized spacial score (nSPS) is 15.7. The second-order valence-electron chi connectivity index (χ2n) is 11.4. The van der Waals surface area contributed by atoms with Crippen molar-refractivity contribution in [3.05, 3.63) is 170 Å². The van der Waals surface area contributed by atoms with Gasteiger partial charge in [0.15, 0.2) is 4.80 Å². The predicted octanol–water partition coefficient (Wildman–Crippen LogP) is 9.34. The van der Waals surface area contributed by atoms with Crippen LogP contribution in [0.4, 0.5) is 0 Å². The molecular formula is C38H25Br3N2O2S. The lowest BCUT2D eigenvalue weighted by molar-refractivity contribution is 0.303. The minimum atomic E-state index is -0.210. The molecule has 1 aliphatic heterocycles. The highest BCUT2D eigenvalue weighted by Gasteiger charge is 2.32. The summed E-state index contributed by atoms with van der Waals surface area (Å²) in [6.07, 6.45) is 3.74. The lowest BCUT2D eigenvalue weighted by Crippen LogP contribution is -2.38. The summed E-state index contributed by atoms with van der Waals surface area (Å²) in [6.45, 7) is 0.431. The molecule has 8 heteroatoms. The quantitative estimate of drug-likeness (QED) is 0.174. The van der Waals surface area contributed by atoms with E-state index in [9.17, 15) is 4.79 Å². The summed E-state index contributed by atoms with van der Waals surface area (Å²) in [5, 5.41) is 2.36. The van der Waals surface area contributed by atoms with Crippen LogP contribution >= 0.6 is 59.1 Å². The number of hydrogen-bond acceptors (Lipinski definition) is 4. The Labute approximate surface area is 294 Å². The Morgan fingerprint density at radius 3 is 2.43 bits per heavy atom. The third kappa shape index (κ3) is 5.35. The van der Waals surface area contributed by atoms with Crippen molar-refractivity contribution in [2.45, 2.75) is 25.5 Å². The molecule has 2 heterocycles. The molecule has 46 heavy (non-hydrogen) atoms. The largest absolute Gasteiger partial charge is 0.487 e. The summed E-state index contributed by atoms with van der Waals surface area (Å²) in [5.41, 5.74) is 7.70.